The van der Waals surface area contributed by atoms with E-state index in [4.69, 9.17) is 0 Å². The summed E-state index contributed by atoms with van der Waals surface area (Å²) in [5.74, 6) is -0.526. The quantitative estimate of drug-likeness (QED) is 0.633. The number of nitrogens with one attached hydrogen (secondary N) is 1. The first kappa shape index (κ1) is 15.4. The number of halogens is 1. The van der Waals surface area contributed by atoms with Gasteiger partial charge < -0.3 is 10.1 Å². The molecule has 1 rings (SSSR count). The first-order valence-corrected chi connectivity index (χ1v) is 6.48. The molecule has 0 saturated carbocycles. The van der Waals surface area contributed by atoms with Crippen LogP contribution in [0.15, 0.2) is 28.1 Å². The van der Waals surface area contributed by atoms with Crippen molar-refractivity contribution >= 4 is 27.6 Å². The molecule has 0 amide bonds. The smallest absolute Gasteiger partial charge is 0.327 e. The van der Waals surface area contributed by atoms with E-state index in [2.05, 4.69) is 37.7 Å². The van der Waals surface area contributed by atoms with E-state index in [0.717, 1.165) is 11.1 Å². The molecule has 1 aromatic rings. The number of rotatable bonds is 6. The number of hydrogen-bond donors (Lipinski definition) is 1. The fraction of sp³-hybridized carbons (Fsp3) is 0.417. The fourth-order valence-corrected chi connectivity index (χ4v) is 1.86. The van der Waals surface area contributed by atoms with E-state index in [-0.39, 0.29) is 18.1 Å². The molecule has 1 unspecified atom stereocenters. The average molecular weight is 330 g/mol. The van der Waals surface area contributed by atoms with Crippen LogP contribution in [0.5, 0.6) is 0 Å². The zero-order valence-electron chi connectivity index (χ0n) is 10.9. The third-order valence-corrected chi connectivity index (χ3v) is 3.18. The standard InChI is InChI=1S/C12H16BrN3O3/c1-4-5-8(2)15-9-6-14-16(7-10(17)19-3)12(18)11(9)13/h4,6,8,15H,1,5,7H2,2-3H3. The SMILES string of the molecule is C=CCC(C)Nc1cnn(CC(=O)OC)c(=O)c1Br. The fourth-order valence-electron chi connectivity index (χ4n) is 1.44. The lowest BCUT2D eigenvalue weighted by Gasteiger charge is -2.14. The normalized spacial score (nSPS) is 11.7. The topological polar surface area (TPSA) is 73.2 Å². The molecule has 1 aromatic heterocycles. The molecular weight excluding hydrogens is 314 g/mol. The highest BCUT2D eigenvalue weighted by atomic mass is 79.9. The predicted molar refractivity (Wildman–Crippen MR) is 76.1 cm³/mol. The average Bonchev–Trinajstić information content (AvgIpc) is 2.38. The molecule has 0 aliphatic heterocycles. The largest absolute Gasteiger partial charge is 0.468 e. The minimum Gasteiger partial charge on any atom is -0.468 e. The molecule has 0 spiro atoms. The van der Waals surface area contributed by atoms with E-state index in [1.165, 1.54) is 13.3 Å². The van der Waals surface area contributed by atoms with E-state index in [0.29, 0.717) is 10.2 Å². The van der Waals surface area contributed by atoms with Crippen molar-refractivity contribution < 1.29 is 9.53 Å². The Balaban J connectivity index is 2.94. The van der Waals surface area contributed by atoms with Gasteiger partial charge in [-0.15, -0.1) is 6.58 Å². The molecule has 1 N–H and O–H groups in total. The number of esters is 1. The number of methoxy groups -OCH3 is 1. The Bertz CT molecular complexity index is 527. The van der Waals surface area contributed by atoms with Crippen LogP contribution in [-0.2, 0) is 16.1 Å². The van der Waals surface area contributed by atoms with Crippen LogP contribution >= 0.6 is 15.9 Å². The Kier molecular flexibility index (Phi) is 5.75. The van der Waals surface area contributed by atoms with Crippen molar-refractivity contribution in [3.05, 3.63) is 33.7 Å². The Morgan fingerprint density at radius 2 is 2.42 bits per heavy atom. The van der Waals surface area contributed by atoms with Gasteiger partial charge in [-0.05, 0) is 29.3 Å². The summed E-state index contributed by atoms with van der Waals surface area (Å²) in [6.45, 7) is 5.41. The van der Waals surface area contributed by atoms with Gasteiger partial charge in [0.25, 0.3) is 5.56 Å². The van der Waals surface area contributed by atoms with Gasteiger partial charge in [0.05, 0.1) is 19.0 Å². The molecule has 1 heterocycles. The second kappa shape index (κ2) is 7.08. The third-order valence-electron chi connectivity index (χ3n) is 2.41. The van der Waals surface area contributed by atoms with Crippen LogP contribution in [0.25, 0.3) is 0 Å². The minimum atomic E-state index is -0.526. The lowest BCUT2D eigenvalue weighted by molar-refractivity contribution is -0.141. The molecule has 0 fully saturated rings. The van der Waals surface area contributed by atoms with Crippen LogP contribution in [0.2, 0.25) is 0 Å². The molecule has 104 valence electrons. The summed E-state index contributed by atoms with van der Waals surface area (Å²) >= 11 is 3.21. The Morgan fingerprint density at radius 3 is 3.00 bits per heavy atom. The molecular formula is C12H16BrN3O3. The number of ether oxygens (including phenoxy) is 1. The Morgan fingerprint density at radius 1 is 1.74 bits per heavy atom. The van der Waals surface area contributed by atoms with Crippen molar-refractivity contribution in [2.45, 2.75) is 25.9 Å². The summed E-state index contributed by atoms with van der Waals surface area (Å²) in [6.07, 6.45) is 4.04. The van der Waals surface area contributed by atoms with Gasteiger partial charge in [-0.1, -0.05) is 6.08 Å². The maximum Gasteiger partial charge on any atom is 0.327 e. The number of nitrogens with zero attached hydrogens (tertiary/aromatic N) is 2. The highest BCUT2D eigenvalue weighted by molar-refractivity contribution is 9.10. The van der Waals surface area contributed by atoms with E-state index < -0.39 is 5.97 Å². The molecule has 0 bridgehead atoms. The summed E-state index contributed by atoms with van der Waals surface area (Å²) in [5, 5.41) is 7.06. The van der Waals surface area contributed by atoms with Crippen LogP contribution in [0, 0.1) is 0 Å². The van der Waals surface area contributed by atoms with E-state index in [9.17, 15) is 9.59 Å². The van der Waals surface area contributed by atoms with Gasteiger partial charge in [0, 0.05) is 6.04 Å². The zero-order chi connectivity index (χ0) is 14.4. The van der Waals surface area contributed by atoms with Crippen molar-refractivity contribution in [3.8, 4) is 0 Å². The number of anilines is 1. The highest BCUT2D eigenvalue weighted by Crippen LogP contribution is 2.17. The second-order valence-electron chi connectivity index (χ2n) is 3.98. The van der Waals surface area contributed by atoms with Gasteiger partial charge in [0.1, 0.15) is 11.0 Å². The molecule has 0 aliphatic carbocycles. The summed E-state index contributed by atoms with van der Waals surface area (Å²) in [6, 6.07) is 0.131. The van der Waals surface area contributed by atoms with Crippen LogP contribution in [0.1, 0.15) is 13.3 Å². The lowest BCUT2D eigenvalue weighted by atomic mass is 10.2. The van der Waals surface area contributed by atoms with Gasteiger partial charge in [-0.2, -0.15) is 5.10 Å². The predicted octanol–water partition coefficient (Wildman–Crippen LogP) is 1.56. The number of aromatic nitrogens is 2. The van der Waals surface area contributed by atoms with E-state index >= 15 is 0 Å². The van der Waals surface area contributed by atoms with Gasteiger partial charge >= 0.3 is 5.97 Å². The Hall–Kier alpha value is -1.63. The Labute approximate surface area is 119 Å². The summed E-state index contributed by atoms with van der Waals surface area (Å²) in [7, 11) is 1.26. The van der Waals surface area contributed by atoms with Crippen LogP contribution < -0.4 is 10.9 Å². The van der Waals surface area contributed by atoms with Crippen molar-refractivity contribution in [3.63, 3.8) is 0 Å². The zero-order valence-corrected chi connectivity index (χ0v) is 12.4. The number of carbonyl (C=O) groups is 1. The number of hydrogen-bond acceptors (Lipinski definition) is 5. The third kappa shape index (κ3) is 4.20. The summed E-state index contributed by atoms with van der Waals surface area (Å²) in [5.41, 5.74) is 0.196. The van der Waals surface area contributed by atoms with E-state index in [1.807, 2.05) is 6.92 Å². The van der Waals surface area contributed by atoms with Gasteiger partial charge in [0.15, 0.2) is 0 Å². The molecule has 0 aromatic carbocycles. The number of carbonyl (C=O) groups excluding carboxylic acids is 1. The summed E-state index contributed by atoms with van der Waals surface area (Å²) in [4.78, 5) is 23.1. The molecule has 0 radical (unpaired) electrons. The summed E-state index contributed by atoms with van der Waals surface area (Å²) < 4.78 is 5.87. The minimum absolute atomic E-state index is 0.131. The van der Waals surface area contributed by atoms with Crippen molar-refractivity contribution in [2.75, 3.05) is 12.4 Å². The first-order valence-electron chi connectivity index (χ1n) is 5.69. The molecule has 0 aliphatic rings. The van der Waals surface area contributed by atoms with Crippen molar-refractivity contribution in [1.82, 2.24) is 9.78 Å². The van der Waals surface area contributed by atoms with Gasteiger partial charge in [-0.3, -0.25) is 9.59 Å². The molecule has 6 nitrogen and oxygen atoms in total. The molecule has 1 atom stereocenters. The monoisotopic (exact) mass is 329 g/mol. The van der Waals surface area contributed by atoms with E-state index in [1.54, 1.807) is 6.08 Å². The van der Waals surface area contributed by atoms with Crippen LogP contribution in [-0.4, -0.2) is 28.9 Å². The lowest BCUT2D eigenvalue weighted by Crippen LogP contribution is -2.29. The molecule has 19 heavy (non-hydrogen) atoms. The molecule has 7 heteroatoms. The van der Waals surface area contributed by atoms with Crippen LogP contribution in [0.4, 0.5) is 5.69 Å². The van der Waals surface area contributed by atoms with Gasteiger partial charge in [0.2, 0.25) is 0 Å². The first-order chi connectivity index (χ1) is 8.99. The molecule has 0 saturated heterocycles. The highest BCUT2D eigenvalue weighted by Gasteiger charge is 2.12. The maximum absolute atomic E-state index is 12.0. The van der Waals surface area contributed by atoms with Crippen molar-refractivity contribution in [1.29, 1.82) is 0 Å². The van der Waals surface area contributed by atoms with Crippen molar-refractivity contribution in [2.24, 2.45) is 0 Å². The second-order valence-corrected chi connectivity index (χ2v) is 4.77. The van der Waals surface area contributed by atoms with Gasteiger partial charge in [-0.25, -0.2) is 4.68 Å². The maximum atomic E-state index is 12.0. The van der Waals surface area contributed by atoms with Crippen LogP contribution in [0.3, 0.4) is 0 Å².